The molecule has 2 aromatic carbocycles. The molecule has 168 valence electrons. The summed E-state index contributed by atoms with van der Waals surface area (Å²) in [5.41, 5.74) is 3.74. The van der Waals surface area contributed by atoms with E-state index in [2.05, 4.69) is 10.3 Å². The van der Waals surface area contributed by atoms with Gasteiger partial charge in [-0.1, -0.05) is 18.2 Å². The van der Waals surface area contributed by atoms with Gasteiger partial charge in [0.05, 0.1) is 18.4 Å². The zero-order chi connectivity index (χ0) is 23.4. The summed E-state index contributed by atoms with van der Waals surface area (Å²) in [5.74, 6) is 0.400. The predicted molar refractivity (Wildman–Crippen MR) is 125 cm³/mol. The third-order valence-electron chi connectivity index (χ3n) is 5.31. The third-order valence-corrected chi connectivity index (χ3v) is 5.31. The van der Waals surface area contributed by atoms with Crippen molar-refractivity contribution in [1.82, 2.24) is 9.55 Å². The van der Waals surface area contributed by atoms with Gasteiger partial charge < -0.3 is 19.4 Å². The van der Waals surface area contributed by atoms with Crippen LogP contribution < -0.4 is 14.8 Å². The number of carbonyl (C=O) groups excluding carboxylic acids is 1. The van der Waals surface area contributed by atoms with Gasteiger partial charge in [-0.3, -0.25) is 9.78 Å². The Hall–Kier alpha value is -4.13. The van der Waals surface area contributed by atoms with Crippen LogP contribution in [0.4, 0.5) is 10.1 Å². The number of hydrogen-bond acceptors (Lipinski definition) is 4. The number of ether oxygens (including phenoxy) is 2. The van der Waals surface area contributed by atoms with Crippen LogP contribution in [0.1, 0.15) is 27.3 Å². The van der Waals surface area contributed by atoms with Crippen molar-refractivity contribution in [2.24, 2.45) is 0 Å². The zero-order valence-electron chi connectivity index (χ0n) is 18.6. The normalized spacial score (nSPS) is 10.7. The zero-order valence-corrected chi connectivity index (χ0v) is 18.6. The number of carbonyl (C=O) groups is 1. The highest BCUT2D eigenvalue weighted by atomic mass is 19.1. The van der Waals surface area contributed by atoms with Gasteiger partial charge in [0.1, 0.15) is 12.4 Å². The topological polar surface area (TPSA) is 65.4 Å². The van der Waals surface area contributed by atoms with Gasteiger partial charge in [-0.2, -0.15) is 0 Å². The molecule has 0 saturated heterocycles. The number of nitrogens with one attached hydrogen (secondary N) is 1. The summed E-state index contributed by atoms with van der Waals surface area (Å²) in [6.07, 6.45) is 3.42. The van der Waals surface area contributed by atoms with Gasteiger partial charge in [0, 0.05) is 41.1 Å². The number of nitrogens with zero attached hydrogens (tertiary/aromatic N) is 2. The maximum Gasteiger partial charge on any atom is 0.257 e. The van der Waals surface area contributed by atoms with E-state index in [0.29, 0.717) is 40.7 Å². The highest BCUT2D eigenvalue weighted by Gasteiger charge is 2.19. The van der Waals surface area contributed by atoms with Crippen LogP contribution >= 0.6 is 0 Å². The van der Waals surface area contributed by atoms with Crippen LogP contribution in [0.15, 0.2) is 73.1 Å². The summed E-state index contributed by atoms with van der Waals surface area (Å²) in [5, 5.41) is 2.90. The maximum absolute atomic E-state index is 14.4. The number of amides is 1. The highest BCUT2D eigenvalue weighted by Crippen LogP contribution is 2.31. The van der Waals surface area contributed by atoms with Crippen LogP contribution in [-0.2, 0) is 6.61 Å². The minimum absolute atomic E-state index is 0.297. The molecule has 0 spiro atoms. The van der Waals surface area contributed by atoms with Crippen molar-refractivity contribution in [2.75, 3.05) is 12.4 Å². The van der Waals surface area contributed by atoms with Crippen molar-refractivity contribution >= 4 is 11.6 Å². The molecular formula is C26H24FN3O3. The number of methoxy groups -OCH3 is 1. The van der Waals surface area contributed by atoms with Crippen molar-refractivity contribution in [3.63, 3.8) is 0 Å². The lowest BCUT2D eigenvalue weighted by Crippen LogP contribution is -2.13. The van der Waals surface area contributed by atoms with Crippen molar-refractivity contribution in [1.29, 1.82) is 0 Å². The Morgan fingerprint density at radius 1 is 1.06 bits per heavy atom. The molecule has 6 nitrogen and oxygen atoms in total. The first kappa shape index (κ1) is 22.1. The number of rotatable bonds is 7. The fourth-order valence-corrected chi connectivity index (χ4v) is 3.71. The van der Waals surface area contributed by atoms with Gasteiger partial charge in [0.2, 0.25) is 0 Å². The molecule has 0 saturated carbocycles. The molecule has 0 aliphatic carbocycles. The average molecular weight is 445 g/mol. The van der Waals surface area contributed by atoms with Crippen LogP contribution in [0.5, 0.6) is 11.5 Å². The number of aromatic nitrogens is 2. The molecule has 33 heavy (non-hydrogen) atoms. The van der Waals surface area contributed by atoms with Crippen molar-refractivity contribution in [3.8, 4) is 17.2 Å². The Morgan fingerprint density at radius 3 is 2.61 bits per heavy atom. The SMILES string of the molecule is COc1ccc(NC(=O)c2cc(C)n(-c3ccccc3F)c2C)cc1OCc1cccnc1. The minimum atomic E-state index is -0.350. The smallest absolute Gasteiger partial charge is 0.257 e. The van der Waals surface area contributed by atoms with E-state index < -0.39 is 0 Å². The Labute approximate surface area is 191 Å². The number of aryl methyl sites for hydroxylation is 1. The van der Waals surface area contributed by atoms with E-state index in [1.807, 2.05) is 19.1 Å². The van der Waals surface area contributed by atoms with Crippen LogP contribution in [0, 0.1) is 19.7 Å². The number of benzene rings is 2. The monoisotopic (exact) mass is 445 g/mol. The first-order valence-corrected chi connectivity index (χ1v) is 10.4. The molecule has 1 N–H and O–H groups in total. The molecule has 0 aliphatic heterocycles. The molecule has 4 rings (SSSR count). The molecule has 0 radical (unpaired) electrons. The molecule has 0 atom stereocenters. The van der Waals surface area contributed by atoms with Crippen LogP contribution in [0.25, 0.3) is 5.69 Å². The molecular weight excluding hydrogens is 421 g/mol. The summed E-state index contributed by atoms with van der Waals surface area (Å²) in [6, 6.07) is 17.2. The molecule has 7 heteroatoms. The summed E-state index contributed by atoms with van der Waals surface area (Å²) >= 11 is 0. The number of anilines is 1. The van der Waals surface area contributed by atoms with Gasteiger partial charge in [-0.25, -0.2) is 4.39 Å². The molecule has 4 aromatic rings. The first-order chi connectivity index (χ1) is 16.0. The van der Waals surface area contributed by atoms with Gasteiger partial charge in [-0.15, -0.1) is 0 Å². The molecule has 2 aromatic heterocycles. The standard InChI is InChI=1S/C26H24FN3O3/c1-17-13-21(18(2)30(17)23-9-5-4-8-22(23)27)26(31)29-20-10-11-24(32-3)25(14-20)33-16-19-7-6-12-28-15-19/h4-15H,16H2,1-3H3,(H,29,31). The van der Waals surface area contributed by atoms with E-state index >= 15 is 0 Å². The van der Waals surface area contributed by atoms with Crippen molar-refractivity contribution in [2.45, 2.75) is 20.5 Å². The number of para-hydroxylation sites is 1. The molecule has 1 amide bonds. The second kappa shape index (κ2) is 9.56. The van der Waals surface area contributed by atoms with Crippen LogP contribution in [0.2, 0.25) is 0 Å². The Bertz CT molecular complexity index is 1290. The third kappa shape index (κ3) is 4.72. The van der Waals surface area contributed by atoms with Gasteiger partial charge >= 0.3 is 0 Å². The van der Waals surface area contributed by atoms with Crippen molar-refractivity contribution in [3.05, 3.63) is 101 Å². The molecule has 0 aliphatic rings. The Balaban J connectivity index is 1.56. The van der Waals surface area contributed by atoms with E-state index in [-0.39, 0.29) is 11.7 Å². The summed E-state index contributed by atoms with van der Waals surface area (Å²) < 4.78 is 27.4. The van der Waals surface area contributed by atoms with Gasteiger partial charge in [-0.05, 0) is 50.2 Å². The second-order valence-corrected chi connectivity index (χ2v) is 7.54. The number of halogens is 1. The minimum Gasteiger partial charge on any atom is -0.493 e. The maximum atomic E-state index is 14.4. The molecule has 0 unspecified atom stereocenters. The fraction of sp³-hybridized carbons (Fsp3) is 0.154. The largest absolute Gasteiger partial charge is 0.493 e. The molecule has 0 bridgehead atoms. The molecule has 0 fully saturated rings. The van der Waals surface area contributed by atoms with Crippen LogP contribution in [0.3, 0.4) is 0 Å². The van der Waals surface area contributed by atoms with Crippen molar-refractivity contribution < 1.29 is 18.7 Å². The lowest BCUT2D eigenvalue weighted by molar-refractivity contribution is 0.102. The second-order valence-electron chi connectivity index (χ2n) is 7.54. The Kier molecular flexibility index (Phi) is 6.40. The van der Waals surface area contributed by atoms with Gasteiger partial charge in [0.25, 0.3) is 5.91 Å². The van der Waals surface area contributed by atoms with E-state index in [1.54, 1.807) is 73.5 Å². The van der Waals surface area contributed by atoms with E-state index in [9.17, 15) is 9.18 Å². The fourth-order valence-electron chi connectivity index (χ4n) is 3.71. The van der Waals surface area contributed by atoms with Gasteiger partial charge in [0.15, 0.2) is 11.5 Å². The molecule has 2 heterocycles. The van der Waals surface area contributed by atoms with Crippen LogP contribution in [-0.4, -0.2) is 22.6 Å². The first-order valence-electron chi connectivity index (χ1n) is 10.4. The Morgan fingerprint density at radius 2 is 1.88 bits per heavy atom. The highest BCUT2D eigenvalue weighted by molar-refractivity contribution is 6.05. The average Bonchev–Trinajstić information content (AvgIpc) is 3.12. The number of hydrogen-bond donors (Lipinski definition) is 1. The van der Waals surface area contributed by atoms with E-state index in [0.717, 1.165) is 11.3 Å². The lowest BCUT2D eigenvalue weighted by atomic mass is 10.2. The predicted octanol–water partition coefficient (Wildman–Crippen LogP) is 5.47. The number of pyridine rings is 1. The van der Waals surface area contributed by atoms with E-state index in [1.165, 1.54) is 6.07 Å². The quantitative estimate of drug-likeness (QED) is 0.410. The van der Waals surface area contributed by atoms with E-state index in [4.69, 9.17) is 9.47 Å². The summed E-state index contributed by atoms with van der Waals surface area (Å²) in [4.78, 5) is 17.1. The lowest BCUT2D eigenvalue weighted by Gasteiger charge is -2.13. The summed E-state index contributed by atoms with van der Waals surface area (Å²) in [7, 11) is 1.56. The summed E-state index contributed by atoms with van der Waals surface area (Å²) in [6.45, 7) is 3.95.